The van der Waals surface area contributed by atoms with Gasteiger partial charge in [-0.1, -0.05) is 27.7 Å². The number of hydrogen-bond donors (Lipinski definition) is 1. The Bertz CT molecular complexity index is 584. The molecule has 0 aliphatic carbocycles. The molecule has 0 fully saturated rings. The van der Waals surface area contributed by atoms with Crippen LogP contribution >= 0.6 is 11.3 Å². The van der Waals surface area contributed by atoms with Crippen molar-refractivity contribution >= 4 is 17.0 Å². The van der Waals surface area contributed by atoms with Gasteiger partial charge in [-0.05, 0) is 24.6 Å². The maximum Gasteiger partial charge on any atom is 0.142 e. The molecule has 0 spiro atoms. The highest BCUT2D eigenvalue weighted by atomic mass is 32.1. The SMILES string of the molecule is CCCOc1ccc(-c2nc(C(C)(C)C)cs2)cc1N. The van der Waals surface area contributed by atoms with E-state index in [-0.39, 0.29) is 5.41 Å². The van der Waals surface area contributed by atoms with E-state index in [2.05, 4.69) is 33.1 Å². The van der Waals surface area contributed by atoms with Crippen LogP contribution in [-0.4, -0.2) is 11.6 Å². The number of nitrogen functional groups attached to an aromatic ring is 1. The van der Waals surface area contributed by atoms with E-state index in [0.29, 0.717) is 12.3 Å². The van der Waals surface area contributed by atoms with E-state index in [1.165, 1.54) is 0 Å². The van der Waals surface area contributed by atoms with Crippen molar-refractivity contribution in [1.29, 1.82) is 0 Å². The van der Waals surface area contributed by atoms with E-state index < -0.39 is 0 Å². The third kappa shape index (κ3) is 3.31. The molecule has 0 bridgehead atoms. The Labute approximate surface area is 124 Å². The second kappa shape index (κ2) is 5.83. The minimum atomic E-state index is 0.0739. The van der Waals surface area contributed by atoms with E-state index in [9.17, 15) is 0 Å². The Morgan fingerprint density at radius 1 is 1.30 bits per heavy atom. The summed E-state index contributed by atoms with van der Waals surface area (Å²) in [5.74, 6) is 0.753. The van der Waals surface area contributed by atoms with E-state index in [1.807, 2.05) is 18.2 Å². The summed E-state index contributed by atoms with van der Waals surface area (Å²) in [5.41, 5.74) is 8.95. The average Bonchev–Trinajstić information content (AvgIpc) is 2.86. The van der Waals surface area contributed by atoms with Crippen molar-refractivity contribution in [2.75, 3.05) is 12.3 Å². The highest BCUT2D eigenvalue weighted by Crippen LogP contribution is 2.33. The molecule has 4 heteroatoms. The molecule has 108 valence electrons. The lowest BCUT2D eigenvalue weighted by atomic mass is 9.93. The predicted octanol–water partition coefficient (Wildman–Crippen LogP) is 4.48. The van der Waals surface area contributed by atoms with Crippen LogP contribution in [0.1, 0.15) is 39.8 Å². The van der Waals surface area contributed by atoms with Gasteiger partial charge in [-0.15, -0.1) is 11.3 Å². The third-order valence-corrected chi connectivity index (χ3v) is 3.88. The maximum atomic E-state index is 6.04. The molecule has 2 N–H and O–H groups in total. The number of hydrogen-bond acceptors (Lipinski definition) is 4. The van der Waals surface area contributed by atoms with Gasteiger partial charge in [0.25, 0.3) is 0 Å². The van der Waals surface area contributed by atoms with Crippen LogP contribution < -0.4 is 10.5 Å². The Morgan fingerprint density at radius 2 is 2.05 bits per heavy atom. The summed E-state index contributed by atoms with van der Waals surface area (Å²) in [4.78, 5) is 4.71. The van der Waals surface area contributed by atoms with Crippen molar-refractivity contribution in [3.05, 3.63) is 29.3 Å². The summed E-state index contributed by atoms with van der Waals surface area (Å²) >= 11 is 1.65. The van der Waals surface area contributed by atoms with Crippen LogP contribution in [0.15, 0.2) is 23.6 Å². The number of rotatable bonds is 4. The van der Waals surface area contributed by atoms with Crippen LogP contribution in [0.3, 0.4) is 0 Å². The molecule has 2 aromatic rings. The first-order chi connectivity index (χ1) is 9.41. The first kappa shape index (κ1) is 14.9. The topological polar surface area (TPSA) is 48.1 Å². The number of thiazole rings is 1. The minimum Gasteiger partial charge on any atom is -0.491 e. The molecular formula is C16H22N2OS. The highest BCUT2D eigenvalue weighted by molar-refractivity contribution is 7.13. The summed E-state index contributed by atoms with van der Waals surface area (Å²) in [7, 11) is 0. The van der Waals surface area contributed by atoms with Crippen LogP contribution in [0.25, 0.3) is 10.6 Å². The van der Waals surface area contributed by atoms with E-state index in [0.717, 1.165) is 28.4 Å². The second-order valence-corrected chi connectivity index (χ2v) is 6.75. The van der Waals surface area contributed by atoms with Crippen LogP contribution in [0.5, 0.6) is 5.75 Å². The third-order valence-electron chi connectivity index (χ3n) is 2.99. The fourth-order valence-electron chi connectivity index (χ4n) is 1.78. The van der Waals surface area contributed by atoms with Gasteiger partial charge in [0.05, 0.1) is 18.0 Å². The average molecular weight is 290 g/mol. The molecule has 0 saturated carbocycles. The summed E-state index contributed by atoms with van der Waals surface area (Å²) in [6.45, 7) is 9.27. The Kier molecular flexibility index (Phi) is 4.33. The summed E-state index contributed by atoms with van der Waals surface area (Å²) in [6, 6.07) is 5.89. The monoisotopic (exact) mass is 290 g/mol. The van der Waals surface area contributed by atoms with Crippen LogP contribution in [0, 0.1) is 0 Å². The van der Waals surface area contributed by atoms with Crippen molar-refractivity contribution < 1.29 is 4.74 Å². The van der Waals surface area contributed by atoms with Gasteiger partial charge in [0.2, 0.25) is 0 Å². The largest absolute Gasteiger partial charge is 0.491 e. The van der Waals surface area contributed by atoms with E-state index in [1.54, 1.807) is 11.3 Å². The molecule has 20 heavy (non-hydrogen) atoms. The van der Waals surface area contributed by atoms with Crippen molar-refractivity contribution in [2.45, 2.75) is 39.5 Å². The summed E-state index contributed by atoms with van der Waals surface area (Å²) in [5, 5.41) is 3.12. The number of anilines is 1. The lowest BCUT2D eigenvalue weighted by Gasteiger charge is -2.14. The molecule has 0 aliphatic heterocycles. The Balaban J connectivity index is 2.25. The molecular weight excluding hydrogens is 268 g/mol. The van der Waals surface area contributed by atoms with E-state index >= 15 is 0 Å². The molecule has 3 nitrogen and oxygen atoms in total. The van der Waals surface area contributed by atoms with Gasteiger partial charge >= 0.3 is 0 Å². The zero-order valence-electron chi connectivity index (χ0n) is 12.6. The highest BCUT2D eigenvalue weighted by Gasteiger charge is 2.18. The smallest absolute Gasteiger partial charge is 0.142 e. The second-order valence-electron chi connectivity index (χ2n) is 5.89. The van der Waals surface area contributed by atoms with Crippen molar-refractivity contribution in [3.63, 3.8) is 0 Å². The fraction of sp³-hybridized carbons (Fsp3) is 0.438. The molecule has 0 radical (unpaired) electrons. The van der Waals surface area contributed by atoms with Gasteiger partial charge in [0.1, 0.15) is 10.8 Å². The molecule has 2 rings (SSSR count). The molecule has 1 aromatic carbocycles. The van der Waals surface area contributed by atoms with Gasteiger partial charge in [0, 0.05) is 16.4 Å². The minimum absolute atomic E-state index is 0.0739. The maximum absolute atomic E-state index is 6.04. The van der Waals surface area contributed by atoms with Gasteiger partial charge in [-0.2, -0.15) is 0 Å². The normalized spacial score (nSPS) is 11.6. The summed E-state index contributed by atoms with van der Waals surface area (Å²) < 4.78 is 5.59. The standard InChI is InChI=1S/C16H22N2OS/c1-5-8-19-13-7-6-11(9-12(13)17)15-18-14(10-20-15)16(2,3)4/h6-7,9-10H,5,8,17H2,1-4H3. The zero-order valence-corrected chi connectivity index (χ0v) is 13.4. The molecule has 1 heterocycles. The number of nitrogens with two attached hydrogens (primary N) is 1. The number of nitrogens with zero attached hydrogens (tertiary/aromatic N) is 1. The number of aromatic nitrogens is 1. The van der Waals surface area contributed by atoms with Crippen molar-refractivity contribution in [2.24, 2.45) is 0 Å². The molecule has 0 unspecified atom stereocenters. The molecule has 0 amide bonds. The summed E-state index contributed by atoms with van der Waals surface area (Å²) in [6.07, 6.45) is 0.975. The number of ether oxygens (including phenoxy) is 1. The van der Waals surface area contributed by atoms with Gasteiger partial charge in [-0.25, -0.2) is 4.98 Å². The molecule has 1 aromatic heterocycles. The predicted molar refractivity (Wildman–Crippen MR) is 86.4 cm³/mol. The zero-order chi connectivity index (χ0) is 14.8. The first-order valence-electron chi connectivity index (χ1n) is 6.90. The Hall–Kier alpha value is -1.55. The van der Waals surface area contributed by atoms with Crippen LogP contribution in [0.2, 0.25) is 0 Å². The van der Waals surface area contributed by atoms with Gasteiger partial charge in [-0.3, -0.25) is 0 Å². The van der Waals surface area contributed by atoms with Crippen LogP contribution in [-0.2, 0) is 5.41 Å². The van der Waals surface area contributed by atoms with Crippen molar-refractivity contribution in [3.8, 4) is 16.3 Å². The first-order valence-corrected chi connectivity index (χ1v) is 7.78. The number of benzene rings is 1. The lowest BCUT2D eigenvalue weighted by molar-refractivity contribution is 0.319. The van der Waals surface area contributed by atoms with E-state index in [4.69, 9.17) is 15.5 Å². The van der Waals surface area contributed by atoms with Crippen molar-refractivity contribution in [1.82, 2.24) is 4.98 Å². The van der Waals surface area contributed by atoms with Gasteiger partial charge in [0.15, 0.2) is 0 Å². The van der Waals surface area contributed by atoms with Gasteiger partial charge < -0.3 is 10.5 Å². The Morgan fingerprint density at radius 3 is 2.60 bits per heavy atom. The molecule has 0 atom stereocenters. The lowest BCUT2D eigenvalue weighted by Crippen LogP contribution is -2.11. The fourth-order valence-corrected chi connectivity index (χ4v) is 2.82. The van der Waals surface area contributed by atoms with Crippen LogP contribution in [0.4, 0.5) is 5.69 Å². The quantitative estimate of drug-likeness (QED) is 0.845. The molecule has 0 saturated heterocycles. The molecule has 0 aliphatic rings.